The third kappa shape index (κ3) is 9.06. The maximum Gasteiger partial charge on any atom is 0.418 e. The van der Waals surface area contributed by atoms with Crippen LogP contribution in [-0.4, -0.2) is 53.2 Å². The van der Waals surface area contributed by atoms with Crippen LogP contribution in [0.1, 0.15) is 98.8 Å². The van der Waals surface area contributed by atoms with Gasteiger partial charge in [0.15, 0.2) is 17.9 Å². The number of Topliss-reactive ketones (excluding diaryl/α,β-unsaturated/α-hetero) is 1. The molecule has 1 fully saturated rings. The first-order valence-corrected chi connectivity index (χ1v) is 16.5. The smallest absolute Gasteiger partial charge is 0.418 e. The third-order valence-corrected chi connectivity index (χ3v) is 8.36. The lowest BCUT2D eigenvalue weighted by atomic mass is 9.98. The van der Waals surface area contributed by atoms with Crippen molar-refractivity contribution in [2.24, 2.45) is 0 Å². The molecule has 2 unspecified atom stereocenters. The number of hydrogen-bond donors (Lipinski definition) is 2. The molecular formula is C35H40ClN3O8. The molecule has 4 rings (SSSR count). The fraction of sp³-hybridized carbons (Fsp3) is 0.429. The number of ketones is 1. The maximum atomic E-state index is 13.9. The predicted molar refractivity (Wildman–Crippen MR) is 178 cm³/mol. The Morgan fingerprint density at radius 2 is 1.55 bits per heavy atom. The van der Waals surface area contributed by atoms with E-state index in [-0.39, 0.29) is 38.7 Å². The van der Waals surface area contributed by atoms with E-state index >= 15 is 0 Å². The van der Waals surface area contributed by atoms with E-state index in [1.807, 2.05) is 0 Å². The van der Waals surface area contributed by atoms with Gasteiger partial charge in [-0.2, -0.15) is 0 Å². The summed E-state index contributed by atoms with van der Waals surface area (Å²) < 4.78 is 10.1. The minimum atomic E-state index is -2.06. The largest absolute Gasteiger partial charge is 0.436 e. The van der Waals surface area contributed by atoms with Crippen LogP contribution in [0.2, 0.25) is 5.02 Å². The molecule has 11 nitrogen and oxygen atoms in total. The second-order valence-electron chi connectivity index (χ2n) is 11.6. The number of imide groups is 1. The highest BCUT2D eigenvalue weighted by molar-refractivity contribution is 6.34. The van der Waals surface area contributed by atoms with Crippen molar-refractivity contribution in [2.75, 3.05) is 11.9 Å². The minimum absolute atomic E-state index is 0.0217. The zero-order valence-electron chi connectivity index (χ0n) is 26.6. The Balaban J connectivity index is 1.45. The van der Waals surface area contributed by atoms with E-state index in [0.717, 1.165) is 25.3 Å². The van der Waals surface area contributed by atoms with Gasteiger partial charge in [-0.25, -0.2) is 14.5 Å². The Kier molecular flexibility index (Phi) is 12.7. The van der Waals surface area contributed by atoms with Gasteiger partial charge in [0.05, 0.1) is 10.7 Å². The molecule has 47 heavy (non-hydrogen) atoms. The van der Waals surface area contributed by atoms with E-state index < -0.39 is 41.5 Å². The first-order valence-electron chi connectivity index (χ1n) is 16.1. The molecule has 1 aromatic heterocycles. The summed E-state index contributed by atoms with van der Waals surface area (Å²) in [6, 6.07) is 9.24. The van der Waals surface area contributed by atoms with Gasteiger partial charge in [0.25, 0.3) is 17.7 Å². The molecule has 0 spiro atoms. The van der Waals surface area contributed by atoms with Gasteiger partial charge in [-0.15, -0.1) is 0 Å². The number of amides is 4. The molecule has 1 aliphatic rings. The van der Waals surface area contributed by atoms with Gasteiger partial charge in [-0.3, -0.25) is 19.2 Å². The number of ether oxygens (including phenoxy) is 1. The Morgan fingerprint density at radius 1 is 0.894 bits per heavy atom. The number of para-hydroxylation sites is 1. The molecule has 0 saturated carbocycles. The molecule has 2 N–H and O–H groups in total. The fourth-order valence-electron chi connectivity index (χ4n) is 5.47. The van der Waals surface area contributed by atoms with Gasteiger partial charge in [-0.1, -0.05) is 94.5 Å². The monoisotopic (exact) mass is 665 g/mol. The van der Waals surface area contributed by atoms with Crippen LogP contribution in [0.3, 0.4) is 0 Å². The lowest BCUT2D eigenvalue weighted by molar-refractivity contribution is -0.133. The lowest BCUT2D eigenvalue weighted by Gasteiger charge is -2.23. The summed E-state index contributed by atoms with van der Waals surface area (Å²) >= 11 is 6.35. The van der Waals surface area contributed by atoms with Gasteiger partial charge >= 0.3 is 11.7 Å². The molecule has 2 atom stereocenters. The first-order chi connectivity index (χ1) is 22.6. The number of carbonyl (C=O) groups excluding carboxylic acids is 5. The summed E-state index contributed by atoms with van der Waals surface area (Å²) in [5, 5.41) is 5.60. The standard InChI is InChI=1S/C35H40ClN3O8/c1-3-4-5-6-7-8-9-10-11-14-19-37-32(42)23-17-18-26(36)27(20-23)38-33(43)30(39-34(44)22(2)46-35(39)45)31(41)25-21-29(40)47-28-16-13-12-15-24(25)28/h12-13,15-18,20-22,30H,3-11,14,19H2,1-2H3,(H,37,42)(H,38,43). The van der Waals surface area contributed by atoms with Crippen molar-refractivity contribution < 1.29 is 33.1 Å². The summed E-state index contributed by atoms with van der Waals surface area (Å²) in [5.74, 6) is -3.42. The van der Waals surface area contributed by atoms with Crippen LogP contribution < -0.4 is 16.3 Å². The van der Waals surface area contributed by atoms with Crippen LogP contribution in [0.15, 0.2) is 57.7 Å². The average molecular weight is 666 g/mol. The van der Waals surface area contributed by atoms with Crippen molar-refractivity contribution in [3.05, 3.63) is 75.1 Å². The van der Waals surface area contributed by atoms with E-state index in [4.69, 9.17) is 20.8 Å². The van der Waals surface area contributed by atoms with E-state index in [9.17, 15) is 28.8 Å². The number of hydrogen-bond acceptors (Lipinski definition) is 8. The van der Waals surface area contributed by atoms with Gasteiger partial charge in [-0.05, 0) is 37.6 Å². The number of cyclic esters (lactones) is 1. The van der Waals surface area contributed by atoms with Crippen LogP contribution in [0.4, 0.5) is 10.5 Å². The topological polar surface area (TPSA) is 152 Å². The zero-order valence-corrected chi connectivity index (χ0v) is 27.4. The van der Waals surface area contributed by atoms with Gasteiger partial charge in [0.2, 0.25) is 0 Å². The summed E-state index contributed by atoms with van der Waals surface area (Å²) in [7, 11) is 0. The molecule has 250 valence electrons. The number of carbonyl (C=O) groups is 5. The van der Waals surface area contributed by atoms with Crippen LogP contribution in [0.25, 0.3) is 11.0 Å². The first kappa shape index (κ1) is 35.3. The molecule has 3 aromatic rings. The number of anilines is 1. The Bertz CT molecular complexity index is 1690. The second kappa shape index (κ2) is 16.9. The molecule has 1 aliphatic heterocycles. The van der Waals surface area contributed by atoms with Crippen LogP contribution in [0.5, 0.6) is 0 Å². The molecule has 2 aromatic carbocycles. The fourth-order valence-corrected chi connectivity index (χ4v) is 5.64. The summed E-state index contributed by atoms with van der Waals surface area (Å²) in [4.78, 5) is 78.9. The van der Waals surface area contributed by atoms with Crippen molar-refractivity contribution in [2.45, 2.75) is 90.2 Å². The minimum Gasteiger partial charge on any atom is -0.436 e. The number of unbranched alkanes of at least 4 members (excludes halogenated alkanes) is 9. The van der Waals surface area contributed by atoms with Crippen LogP contribution in [0, 0.1) is 0 Å². The third-order valence-electron chi connectivity index (χ3n) is 8.03. The highest BCUT2D eigenvalue weighted by Crippen LogP contribution is 2.27. The molecule has 12 heteroatoms. The van der Waals surface area contributed by atoms with Gasteiger partial charge in [0.1, 0.15) is 5.58 Å². The average Bonchev–Trinajstić information content (AvgIpc) is 3.30. The lowest BCUT2D eigenvalue weighted by Crippen LogP contribution is -2.52. The summed E-state index contributed by atoms with van der Waals surface area (Å²) in [6.07, 6.45) is 9.29. The molecule has 0 bridgehead atoms. The molecular weight excluding hydrogens is 626 g/mol. The van der Waals surface area contributed by atoms with E-state index in [1.54, 1.807) is 12.1 Å². The Morgan fingerprint density at radius 3 is 2.21 bits per heavy atom. The Hall–Kier alpha value is -4.51. The molecule has 2 heterocycles. The quantitative estimate of drug-likeness (QED) is 0.0703. The Labute approximate surface area is 278 Å². The number of benzene rings is 2. The molecule has 0 aliphatic carbocycles. The SMILES string of the molecule is CCCCCCCCCCCCNC(=O)c1ccc(Cl)c(NC(=O)C(C(=O)c2cc(=O)oc3ccccc23)N2C(=O)OC(C)C2=O)c1. The van der Waals surface area contributed by atoms with Crippen molar-refractivity contribution in [1.82, 2.24) is 10.2 Å². The number of nitrogens with one attached hydrogen (secondary N) is 2. The summed E-state index contributed by atoms with van der Waals surface area (Å²) in [5.41, 5.74) is -0.841. The normalized spacial score (nSPS) is 15.0. The summed E-state index contributed by atoms with van der Waals surface area (Å²) in [6.45, 7) is 3.99. The predicted octanol–water partition coefficient (Wildman–Crippen LogP) is 6.65. The zero-order chi connectivity index (χ0) is 33.9. The number of fused-ring (bicyclic) bond motifs is 1. The van der Waals surface area contributed by atoms with Crippen molar-refractivity contribution in [1.29, 1.82) is 0 Å². The van der Waals surface area contributed by atoms with Crippen molar-refractivity contribution in [3.8, 4) is 0 Å². The maximum absolute atomic E-state index is 13.9. The highest BCUT2D eigenvalue weighted by atomic mass is 35.5. The molecule has 1 saturated heterocycles. The number of halogens is 1. The van der Waals surface area contributed by atoms with Gasteiger partial charge in [0, 0.05) is 29.1 Å². The van der Waals surface area contributed by atoms with Crippen molar-refractivity contribution in [3.63, 3.8) is 0 Å². The molecule has 0 radical (unpaired) electrons. The van der Waals surface area contributed by atoms with E-state index in [0.29, 0.717) is 11.4 Å². The highest BCUT2D eigenvalue weighted by Gasteiger charge is 2.48. The van der Waals surface area contributed by atoms with Crippen LogP contribution in [-0.2, 0) is 14.3 Å². The second-order valence-corrected chi connectivity index (χ2v) is 12.0. The van der Waals surface area contributed by atoms with Crippen molar-refractivity contribution >= 4 is 57.9 Å². The van der Waals surface area contributed by atoms with E-state index in [1.165, 1.54) is 82.2 Å². The number of nitrogens with zero attached hydrogens (tertiary/aromatic N) is 1. The van der Waals surface area contributed by atoms with Gasteiger partial charge < -0.3 is 19.8 Å². The number of rotatable bonds is 17. The van der Waals surface area contributed by atoms with E-state index in [2.05, 4.69) is 17.6 Å². The molecule has 4 amide bonds. The van der Waals surface area contributed by atoms with Crippen LogP contribution >= 0.6 is 11.6 Å².